The van der Waals surface area contributed by atoms with Gasteiger partial charge >= 0.3 is 0 Å². The van der Waals surface area contributed by atoms with Gasteiger partial charge in [-0.05, 0) is 25.5 Å². The highest BCUT2D eigenvalue weighted by Gasteiger charge is 2.18. The largest absolute Gasteiger partial charge is 0.219 e. The standard InChI is InChI=1S/C15H20O2S/c1-5-9-11-13-15(8-4)18(16,17)14(7-3)12-10-6-2/h5-7,9-13H,1,3,8H2,2,4H3/b10-6-,11-9-,14-12+,15-13+. The summed E-state index contributed by atoms with van der Waals surface area (Å²) in [6.07, 6.45) is 13.3. The molecule has 0 N–H and O–H groups in total. The minimum Gasteiger partial charge on any atom is -0.219 e. The molecule has 3 heteroatoms. The Kier molecular flexibility index (Phi) is 7.72. The monoisotopic (exact) mass is 264 g/mol. The van der Waals surface area contributed by atoms with Crippen molar-refractivity contribution in [2.75, 3.05) is 0 Å². The van der Waals surface area contributed by atoms with Gasteiger partial charge in [-0.1, -0.05) is 56.5 Å². The van der Waals surface area contributed by atoms with E-state index in [0.717, 1.165) is 0 Å². The quantitative estimate of drug-likeness (QED) is 0.649. The van der Waals surface area contributed by atoms with E-state index in [9.17, 15) is 8.42 Å². The highest BCUT2D eigenvalue weighted by molar-refractivity contribution is 7.99. The summed E-state index contributed by atoms with van der Waals surface area (Å²) in [5.74, 6) is 0. The van der Waals surface area contributed by atoms with Crippen LogP contribution < -0.4 is 0 Å². The van der Waals surface area contributed by atoms with Crippen molar-refractivity contribution in [3.63, 3.8) is 0 Å². The molecule has 0 aromatic rings. The van der Waals surface area contributed by atoms with E-state index in [2.05, 4.69) is 13.2 Å². The maximum Gasteiger partial charge on any atom is 0.202 e. The van der Waals surface area contributed by atoms with Crippen LogP contribution in [0.25, 0.3) is 0 Å². The van der Waals surface area contributed by atoms with E-state index in [0.29, 0.717) is 11.3 Å². The van der Waals surface area contributed by atoms with Gasteiger partial charge in [-0.3, -0.25) is 0 Å². The number of sulfone groups is 1. The van der Waals surface area contributed by atoms with Crippen LogP contribution in [0.15, 0.2) is 71.6 Å². The SMILES string of the molecule is C=C/C=C\C=C(/CC)S(=O)(=O)/C(C=C)=C/C=C\C. The topological polar surface area (TPSA) is 34.1 Å². The Labute approximate surface area is 110 Å². The van der Waals surface area contributed by atoms with Crippen LogP contribution >= 0.6 is 0 Å². The first kappa shape index (κ1) is 16.4. The fourth-order valence-electron chi connectivity index (χ4n) is 1.25. The van der Waals surface area contributed by atoms with Crippen molar-refractivity contribution in [3.05, 3.63) is 71.6 Å². The second kappa shape index (κ2) is 8.48. The summed E-state index contributed by atoms with van der Waals surface area (Å²) in [5, 5.41) is 0. The third kappa shape index (κ3) is 4.72. The Morgan fingerprint density at radius 2 is 1.78 bits per heavy atom. The summed E-state index contributed by atoms with van der Waals surface area (Å²) in [4.78, 5) is 0.567. The Morgan fingerprint density at radius 3 is 2.22 bits per heavy atom. The summed E-state index contributed by atoms with van der Waals surface area (Å²) in [6, 6.07) is 0. The molecule has 0 aromatic carbocycles. The molecular formula is C15H20O2S. The molecule has 0 fully saturated rings. The molecule has 2 nitrogen and oxygen atoms in total. The van der Waals surface area contributed by atoms with Crippen molar-refractivity contribution in [3.8, 4) is 0 Å². The third-order valence-electron chi connectivity index (χ3n) is 2.19. The molecule has 0 aliphatic rings. The minimum absolute atomic E-state index is 0.209. The van der Waals surface area contributed by atoms with Gasteiger partial charge < -0.3 is 0 Å². The van der Waals surface area contributed by atoms with Crippen molar-refractivity contribution in [2.24, 2.45) is 0 Å². The molecule has 0 unspecified atom stereocenters. The molecule has 0 saturated carbocycles. The first-order valence-electron chi connectivity index (χ1n) is 5.73. The van der Waals surface area contributed by atoms with E-state index in [4.69, 9.17) is 0 Å². The number of hydrogen-bond donors (Lipinski definition) is 0. The minimum atomic E-state index is -3.45. The zero-order valence-electron chi connectivity index (χ0n) is 11.0. The Balaban J connectivity index is 5.57. The second-order valence-corrected chi connectivity index (χ2v) is 5.41. The van der Waals surface area contributed by atoms with E-state index in [-0.39, 0.29) is 4.91 Å². The maximum atomic E-state index is 12.3. The molecule has 0 aliphatic heterocycles. The summed E-state index contributed by atoms with van der Waals surface area (Å²) in [7, 11) is -3.45. The van der Waals surface area contributed by atoms with Gasteiger partial charge in [0, 0.05) is 4.91 Å². The molecule has 0 bridgehead atoms. The van der Waals surface area contributed by atoms with Gasteiger partial charge in [0.25, 0.3) is 0 Å². The van der Waals surface area contributed by atoms with Gasteiger partial charge in [0.1, 0.15) is 0 Å². The molecule has 0 heterocycles. The average Bonchev–Trinajstić information content (AvgIpc) is 2.35. The second-order valence-electron chi connectivity index (χ2n) is 3.41. The van der Waals surface area contributed by atoms with E-state index < -0.39 is 9.84 Å². The number of rotatable bonds is 7. The van der Waals surface area contributed by atoms with E-state index >= 15 is 0 Å². The van der Waals surface area contributed by atoms with Crippen molar-refractivity contribution >= 4 is 9.84 Å². The number of hydrogen-bond acceptors (Lipinski definition) is 2. The first-order chi connectivity index (χ1) is 8.54. The lowest BCUT2D eigenvalue weighted by molar-refractivity contribution is 0.607. The normalized spacial score (nSPS) is 14.3. The van der Waals surface area contributed by atoms with Gasteiger partial charge in [0.2, 0.25) is 9.84 Å². The van der Waals surface area contributed by atoms with Crippen molar-refractivity contribution in [1.29, 1.82) is 0 Å². The van der Waals surface area contributed by atoms with Crippen molar-refractivity contribution in [1.82, 2.24) is 0 Å². The summed E-state index contributed by atoms with van der Waals surface area (Å²) < 4.78 is 24.6. The van der Waals surface area contributed by atoms with E-state index in [1.54, 1.807) is 42.5 Å². The van der Waals surface area contributed by atoms with E-state index in [1.165, 1.54) is 6.08 Å². The molecule has 0 radical (unpaired) electrons. The molecule has 0 rings (SSSR count). The summed E-state index contributed by atoms with van der Waals surface area (Å²) in [6.45, 7) is 10.7. The molecule has 0 saturated heterocycles. The lowest BCUT2D eigenvalue weighted by atomic mass is 10.4. The molecule has 0 spiro atoms. The Bertz CT molecular complexity index is 501. The van der Waals surface area contributed by atoms with Gasteiger partial charge in [-0.2, -0.15) is 0 Å². The lowest BCUT2D eigenvalue weighted by Gasteiger charge is -2.06. The highest BCUT2D eigenvalue weighted by Crippen LogP contribution is 2.21. The van der Waals surface area contributed by atoms with Gasteiger partial charge in [-0.25, -0.2) is 8.42 Å². The van der Waals surface area contributed by atoms with Crippen LogP contribution in [0.5, 0.6) is 0 Å². The summed E-state index contributed by atoms with van der Waals surface area (Å²) >= 11 is 0. The number of allylic oxidation sites excluding steroid dienone is 9. The molecular weight excluding hydrogens is 244 g/mol. The van der Waals surface area contributed by atoms with Gasteiger partial charge in [0.05, 0.1) is 4.91 Å². The van der Waals surface area contributed by atoms with Crippen LogP contribution in [0.1, 0.15) is 20.3 Å². The van der Waals surface area contributed by atoms with Crippen LogP contribution in [0.3, 0.4) is 0 Å². The van der Waals surface area contributed by atoms with Crippen LogP contribution in [-0.4, -0.2) is 8.42 Å². The molecule has 18 heavy (non-hydrogen) atoms. The molecule has 0 aromatic heterocycles. The zero-order valence-corrected chi connectivity index (χ0v) is 11.8. The zero-order chi connectivity index (χ0) is 14.0. The van der Waals surface area contributed by atoms with E-state index in [1.807, 2.05) is 13.8 Å². The molecule has 0 atom stereocenters. The molecule has 98 valence electrons. The smallest absolute Gasteiger partial charge is 0.202 e. The van der Waals surface area contributed by atoms with Crippen LogP contribution in [-0.2, 0) is 9.84 Å². The van der Waals surface area contributed by atoms with Gasteiger partial charge in [0.15, 0.2) is 0 Å². The average molecular weight is 264 g/mol. The predicted molar refractivity (Wildman–Crippen MR) is 79.7 cm³/mol. The van der Waals surface area contributed by atoms with Crippen LogP contribution in [0.2, 0.25) is 0 Å². The fourth-order valence-corrected chi connectivity index (χ4v) is 2.67. The fraction of sp³-hybridized carbons (Fsp3) is 0.200. The van der Waals surface area contributed by atoms with Crippen molar-refractivity contribution < 1.29 is 8.42 Å². The lowest BCUT2D eigenvalue weighted by Crippen LogP contribution is -2.05. The maximum absolute atomic E-state index is 12.3. The first-order valence-corrected chi connectivity index (χ1v) is 7.21. The Morgan fingerprint density at radius 1 is 1.11 bits per heavy atom. The molecule has 0 aliphatic carbocycles. The van der Waals surface area contributed by atoms with Crippen molar-refractivity contribution in [2.45, 2.75) is 20.3 Å². The van der Waals surface area contributed by atoms with Crippen LogP contribution in [0, 0.1) is 0 Å². The predicted octanol–water partition coefficient (Wildman–Crippen LogP) is 4.08. The third-order valence-corrected chi connectivity index (χ3v) is 4.23. The van der Waals surface area contributed by atoms with Gasteiger partial charge in [-0.15, -0.1) is 0 Å². The highest BCUT2D eigenvalue weighted by atomic mass is 32.2. The Hall–Kier alpha value is -1.61. The molecule has 0 amide bonds. The summed E-state index contributed by atoms with van der Waals surface area (Å²) in [5.41, 5.74) is 0. The van der Waals surface area contributed by atoms with Crippen LogP contribution in [0.4, 0.5) is 0 Å².